The molecular weight excluding hydrogens is 444 g/mol. The molecule has 3 N–H and O–H groups in total. The predicted octanol–water partition coefficient (Wildman–Crippen LogP) is 3.92. The molecule has 2 aromatic carbocycles. The number of hydrogen-bond donors (Lipinski definition) is 3. The highest BCUT2D eigenvalue weighted by Gasteiger charge is 2.74. The molecule has 7 heteroatoms. The Morgan fingerprint density at radius 3 is 2.20 bits per heavy atom. The number of alkyl carbamates (subject to hydrolysis) is 1. The van der Waals surface area contributed by atoms with Crippen LogP contribution in [0.4, 0.5) is 4.79 Å². The van der Waals surface area contributed by atoms with Crippen LogP contribution in [0.5, 0.6) is 0 Å². The standard InChI is InChI=1S/C28H30N2O5/c31-24(30-16-28(25(32)33)15-27(28)10-5-11-27)22-12-17(22)13-29-26(34)35-14-23-20-8-3-1-6-18(20)19-7-2-4-9-21(19)23/h1-4,6-9,17,22-23H,5,10-16H2,(H,29,34)(H,30,31)(H,32,33). The lowest BCUT2D eigenvalue weighted by Crippen LogP contribution is -2.40. The first-order valence-electron chi connectivity index (χ1n) is 12.5. The van der Waals surface area contributed by atoms with E-state index in [9.17, 15) is 19.5 Å². The Balaban J connectivity index is 0.963. The summed E-state index contributed by atoms with van der Waals surface area (Å²) in [5.74, 6) is -0.998. The van der Waals surface area contributed by atoms with Gasteiger partial charge in [0.25, 0.3) is 0 Å². The van der Waals surface area contributed by atoms with Gasteiger partial charge in [-0.05, 0) is 59.3 Å². The van der Waals surface area contributed by atoms with Gasteiger partial charge in [0, 0.05) is 24.9 Å². The SMILES string of the molecule is O=C(NCC1CC1C(=O)NCC1(C(=O)O)CC12CCC2)OCC1c2ccccc2-c2ccccc21. The average molecular weight is 475 g/mol. The summed E-state index contributed by atoms with van der Waals surface area (Å²) in [5, 5.41) is 15.4. The largest absolute Gasteiger partial charge is 0.481 e. The molecule has 3 atom stereocenters. The van der Waals surface area contributed by atoms with Crippen LogP contribution in [0.2, 0.25) is 0 Å². The topological polar surface area (TPSA) is 105 Å². The highest BCUT2D eigenvalue weighted by atomic mass is 16.5. The second-order valence-electron chi connectivity index (χ2n) is 10.7. The lowest BCUT2D eigenvalue weighted by Gasteiger charge is -2.30. The van der Waals surface area contributed by atoms with Gasteiger partial charge >= 0.3 is 12.1 Å². The zero-order chi connectivity index (χ0) is 24.2. The molecule has 0 aromatic heterocycles. The van der Waals surface area contributed by atoms with Crippen molar-refractivity contribution in [2.45, 2.75) is 38.0 Å². The molecule has 0 radical (unpaired) electrons. The van der Waals surface area contributed by atoms with Crippen LogP contribution >= 0.6 is 0 Å². The van der Waals surface area contributed by atoms with Crippen LogP contribution in [0.25, 0.3) is 11.1 Å². The number of fused-ring (bicyclic) bond motifs is 3. The molecule has 0 saturated heterocycles. The van der Waals surface area contributed by atoms with E-state index >= 15 is 0 Å². The van der Waals surface area contributed by atoms with E-state index in [0.29, 0.717) is 19.4 Å². The lowest BCUT2D eigenvalue weighted by atomic mass is 9.75. The average Bonchev–Trinajstić information content (AvgIpc) is 3.74. The van der Waals surface area contributed by atoms with Crippen molar-refractivity contribution >= 4 is 18.0 Å². The molecule has 3 fully saturated rings. The summed E-state index contributed by atoms with van der Waals surface area (Å²) in [4.78, 5) is 36.8. The Morgan fingerprint density at radius 2 is 1.63 bits per heavy atom. The van der Waals surface area contributed by atoms with Gasteiger partial charge < -0.3 is 20.5 Å². The molecule has 6 rings (SSSR count). The smallest absolute Gasteiger partial charge is 0.407 e. The van der Waals surface area contributed by atoms with E-state index in [1.165, 1.54) is 22.3 Å². The summed E-state index contributed by atoms with van der Waals surface area (Å²) < 4.78 is 5.57. The first-order chi connectivity index (χ1) is 16.9. The first-order valence-corrected chi connectivity index (χ1v) is 12.5. The maximum absolute atomic E-state index is 12.6. The van der Waals surface area contributed by atoms with Crippen molar-refractivity contribution in [2.24, 2.45) is 22.7 Å². The van der Waals surface area contributed by atoms with Crippen LogP contribution in [0.3, 0.4) is 0 Å². The molecule has 4 aliphatic rings. The molecule has 3 saturated carbocycles. The van der Waals surface area contributed by atoms with E-state index in [2.05, 4.69) is 34.9 Å². The normalized spacial score (nSPS) is 26.7. The summed E-state index contributed by atoms with van der Waals surface area (Å²) in [6.07, 6.45) is 3.87. The van der Waals surface area contributed by atoms with Gasteiger partial charge in [-0.3, -0.25) is 9.59 Å². The van der Waals surface area contributed by atoms with Crippen molar-refractivity contribution in [3.63, 3.8) is 0 Å². The van der Waals surface area contributed by atoms with E-state index in [0.717, 1.165) is 19.3 Å². The third-order valence-corrected chi connectivity index (χ3v) is 8.93. The molecule has 3 unspecified atom stereocenters. The fraction of sp³-hybridized carbons (Fsp3) is 0.464. The van der Waals surface area contributed by atoms with Crippen molar-refractivity contribution < 1.29 is 24.2 Å². The number of amides is 2. The van der Waals surface area contributed by atoms with Crippen molar-refractivity contribution in [3.8, 4) is 11.1 Å². The number of carboxylic acid groups (broad SMARTS) is 1. The third kappa shape index (κ3) is 3.60. The highest BCUT2D eigenvalue weighted by Crippen LogP contribution is 2.73. The van der Waals surface area contributed by atoms with E-state index in [1.807, 2.05) is 24.3 Å². The molecule has 2 aromatic rings. The summed E-state index contributed by atoms with van der Waals surface area (Å²) in [7, 11) is 0. The highest BCUT2D eigenvalue weighted by molar-refractivity contribution is 5.85. The van der Waals surface area contributed by atoms with Gasteiger partial charge in [0.05, 0.1) is 5.41 Å². The Hall–Kier alpha value is -3.35. The van der Waals surface area contributed by atoms with Crippen molar-refractivity contribution in [1.29, 1.82) is 0 Å². The number of ether oxygens (including phenoxy) is 1. The maximum atomic E-state index is 12.6. The molecular formula is C28H30N2O5. The predicted molar refractivity (Wildman–Crippen MR) is 129 cm³/mol. The van der Waals surface area contributed by atoms with Gasteiger partial charge in [-0.2, -0.15) is 0 Å². The second-order valence-corrected chi connectivity index (χ2v) is 10.7. The molecule has 1 spiro atoms. The summed E-state index contributed by atoms with van der Waals surface area (Å²) in [6.45, 7) is 0.848. The second kappa shape index (κ2) is 8.11. The van der Waals surface area contributed by atoms with Crippen LogP contribution < -0.4 is 10.6 Å². The number of carbonyl (C=O) groups excluding carboxylic acids is 2. The van der Waals surface area contributed by atoms with Gasteiger partial charge in [0.2, 0.25) is 5.91 Å². The van der Waals surface area contributed by atoms with Crippen LogP contribution in [0.15, 0.2) is 48.5 Å². The molecule has 0 bridgehead atoms. The van der Waals surface area contributed by atoms with Crippen LogP contribution in [0, 0.1) is 22.7 Å². The Labute approximate surface area is 204 Å². The fourth-order valence-electron chi connectivity index (χ4n) is 6.45. The number of rotatable bonds is 8. The van der Waals surface area contributed by atoms with Gasteiger partial charge in [0.1, 0.15) is 6.61 Å². The van der Waals surface area contributed by atoms with E-state index in [-0.39, 0.29) is 42.2 Å². The van der Waals surface area contributed by atoms with E-state index in [1.54, 1.807) is 0 Å². The van der Waals surface area contributed by atoms with Gasteiger partial charge in [0.15, 0.2) is 0 Å². The number of hydrogen-bond acceptors (Lipinski definition) is 4. The van der Waals surface area contributed by atoms with Crippen molar-refractivity contribution in [1.82, 2.24) is 10.6 Å². The van der Waals surface area contributed by atoms with Crippen LogP contribution in [-0.4, -0.2) is 42.8 Å². The number of carbonyl (C=O) groups is 3. The van der Waals surface area contributed by atoms with E-state index in [4.69, 9.17) is 4.74 Å². The Morgan fingerprint density at radius 1 is 0.971 bits per heavy atom. The minimum absolute atomic E-state index is 0.00976. The lowest BCUT2D eigenvalue weighted by molar-refractivity contribution is -0.146. The van der Waals surface area contributed by atoms with E-state index < -0.39 is 17.5 Å². The Bertz CT molecular complexity index is 1160. The molecule has 2 amide bonds. The van der Waals surface area contributed by atoms with Crippen molar-refractivity contribution in [2.75, 3.05) is 19.7 Å². The molecule has 0 aliphatic heterocycles. The maximum Gasteiger partial charge on any atom is 0.407 e. The Kier molecular flexibility index (Phi) is 5.13. The number of carboxylic acids is 1. The summed E-state index contributed by atoms with van der Waals surface area (Å²) in [6, 6.07) is 16.4. The monoisotopic (exact) mass is 474 g/mol. The summed E-state index contributed by atoms with van der Waals surface area (Å²) in [5.41, 5.74) is 3.84. The molecule has 182 valence electrons. The number of benzene rings is 2. The van der Waals surface area contributed by atoms with Crippen LogP contribution in [-0.2, 0) is 14.3 Å². The zero-order valence-corrected chi connectivity index (χ0v) is 19.6. The quantitative estimate of drug-likeness (QED) is 0.538. The zero-order valence-electron chi connectivity index (χ0n) is 19.6. The minimum atomic E-state index is -0.790. The number of aliphatic carboxylic acids is 1. The first kappa shape index (κ1) is 22.1. The fourth-order valence-corrected chi connectivity index (χ4v) is 6.45. The molecule has 7 nitrogen and oxygen atoms in total. The summed E-state index contributed by atoms with van der Waals surface area (Å²) >= 11 is 0. The van der Waals surface area contributed by atoms with Crippen molar-refractivity contribution in [3.05, 3.63) is 59.7 Å². The third-order valence-electron chi connectivity index (χ3n) is 8.93. The molecule has 35 heavy (non-hydrogen) atoms. The van der Waals surface area contributed by atoms with Gasteiger partial charge in [-0.1, -0.05) is 55.0 Å². The molecule has 0 heterocycles. The molecule has 4 aliphatic carbocycles. The van der Waals surface area contributed by atoms with Crippen LogP contribution in [0.1, 0.15) is 49.1 Å². The van der Waals surface area contributed by atoms with Gasteiger partial charge in [-0.15, -0.1) is 0 Å². The minimum Gasteiger partial charge on any atom is -0.481 e. The number of nitrogens with one attached hydrogen (secondary N) is 2. The van der Waals surface area contributed by atoms with Gasteiger partial charge in [-0.25, -0.2) is 4.79 Å².